The Morgan fingerprint density at radius 2 is 1.53 bits per heavy atom. The molecule has 14 nitrogen and oxygen atoms in total. The fraction of sp³-hybridized carbons (Fsp3) is 0.710. The van der Waals surface area contributed by atoms with Crippen LogP contribution >= 0.6 is 0 Å². The molecule has 0 spiro atoms. The normalized spacial score (nSPS) is 15.3. The third kappa shape index (κ3) is 13.4. The number of aromatic amines is 1. The fourth-order valence-corrected chi connectivity index (χ4v) is 4.69. The van der Waals surface area contributed by atoms with Gasteiger partial charge in [0.1, 0.15) is 23.8 Å². The summed E-state index contributed by atoms with van der Waals surface area (Å²) in [5.74, 6) is -3.04. The molecule has 0 aliphatic heterocycles. The minimum absolute atomic E-state index is 0.0532. The van der Waals surface area contributed by atoms with E-state index in [4.69, 9.17) is 0 Å². The number of carbonyl (C=O) groups is 5. The van der Waals surface area contributed by atoms with Crippen molar-refractivity contribution >= 4 is 29.5 Å². The summed E-state index contributed by atoms with van der Waals surface area (Å²) in [6.45, 7) is 15.1. The number of likely N-dealkylation sites (N-methyl/N-ethyl adjacent to an activating group) is 1. The van der Waals surface area contributed by atoms with Crippen LogP contribution in [-0.4, -0.2) is 81.7 Å². The van der Waals surface area contributed by atoms with Gasteiger partial charge in [0.15, 0.2) is 0 Å². The van der Waals surface area contributed by atoms with E-state index in [1.54, 1.807) is 27.7 Å². The predicted octanol–water partition coefficient (Wildman–Crippen LogP) is 0.758. The lowest BCUT2D eigenvalue weighted by Crippen LogP contribution is -2.58. The van der Waals surface area contributed by atoms with Crippen LogP contribution in [0.3, 0.4) is 0 Å². The highest BCUT2D eigenvalue weighted by atomic mass is 16.3. The van der Waals surface area contributed by atoms with Crippen molar-refractivity contribution in [3.63, 3.8) is 0 Å². The molecule has 0 bridgehead atoms. The fourth-order valence-electron chi connectivity index (χ4n) is 4.69. The topological polar surface area (TPSA) is 211 Å². The first-order valence-corrected chi connectivity index (χ1v) is 15.9. The minimum Gasteiger partial charge on any atom is -0.390 e. The van der Waals surface area contributed by atoms with Crippen LogP contribution in [0.1, 0.15) is 98.0 Å². The zero-order chi connectivity index (χ0) is 34.3. The molecule has 14 heteroatoms. The Balaban J connectivity index is 3.06. The van der Waals surface area contributed by atoms with E-state index < -0.39 is 59.5 Å². The Morgan fingerprint density at radius 3 is 2.04 bits per heavy atom. The van der Waals surface area contributed by atoms with Crippen molar-refractivity contribution in [2.24, 2.45) is 17.8 Å². The largest absolute Gasteiger partial charge is 0.390 e. The van der Waals surface area contributed by atoms with Gasteiger partial charge in [-0.2, -0.15) is 5.10 Å². The highest BCUT2D eigenvalue weighted by Crippen LogP contribution is 2.14. The number of aromatic nitrogens is 2. The third-order valence-corrected chi connectivity index (χ3v) is 7.43. The molecule has 254 valence electrons. The average Bonchev–Trinajstić information content (AvgIpc) is 2.97. The molecule has 45 heavy (non-hydrogen) atoms. The van der Waals surface area contributed by atoms with E-state index in [1.165, 1.54) is 6.07 Å². The van der Waals surface area contributed by atoms with Crippen LogP contribution in [0.25, 0.3) is 0 Å². The molecule has 1 aromatic rings. The summed E-state index contributed by atoms with van der Waals surface area (Å²) in [4.78, 5) is 76.3. The molecule has 7 N–H and O–H groups in total. The Kier molecular flexibility index (Phi) is 17.0. The van der Waals surface area contributed by atoms with Crippen LogP contribution in [0.4, 0.5) is 0 Å². The number of nitrogens with zero attached hydrogens (tertiary/aromatic N) is 1. The van der Waals surface area contributed by atoms with E-state index in [0.29, 0.717) is 25.8 Å². The van der Waals surface area contributed by atoms with E-state index in [1.807, 2.05) is 27.7 Å². The molecule has 0 aromatic carbocycles. The Labute approximate surface area is 265 Å². The van der Waals surface area contributed by atoms with Crippen molar-refractivity contribution in [3.05, 3.63) is 28.2 Å². The number of hydrogen-bond acceptors (Lipinski definition) is 8. The SMILES string of the molecule is CCC[C@H](NC(=O)[C@@H](NC(=O)c1ccc(=O)[nH]n1)[C@@H](C)CC)C(=O)N[C@@H](CC(C)C)[C@@H](O)CC(=O)N[C@H](C(=O)NCC)C(C)C. The van der Waals surface area contributed by atoms with Gasteiger partial charge in [-0.3, -0.25) is 28.8 Å². The number of rotatable bonds is 19. The Morgan fingerprint density at radius 1 is 0.867 bits per heavy atom. The maximum Gasteiger partial charge on any atom is 0.272 e. The molecule has 0 saturated carbocycles. The molecule has 0 aliphatic carbocycles. The molecule has 1 heterocycles. The molecule has 5 amide bonds. The number of hydrogen-bond donors (Lipinski definition) is 7. The van der Waals surface area contributed by atoms with Crippen LogP contribution in [0.15, 0.2) is 16.9 Å². The van der Waals surface area contributed by atoms with Crippen molar-refractivity contribution in [2.45, 2.75) is 118 Å². The Bertz CT molecular complexity index is 1170. The zero-order valence-corrected chi connectivity index (χ0v) is 27.9. The molecule has 0 aliphatic rings. The van der Waals surface area contributed by atoms with Gasteiger partial charge in [-0.1, -0.05) is 61.3 Å². The molecule has 6 atom stereocenters. The second-order valence-electron chi connectivity index (χ2n) is 12.2. The van der Waals surface area contributed by atoms with E-state index in [2.05, 4.69) is 36.8 Å². The number of carbonyl (C=O) groups excluding carboxylic acids is 5. The molecule has 0 unspecified atom stereocenters. The summed E-state index contributed by atoms with van der Waals surface area (Å²) in [5.41, 5.74) is -0.546. The highest BCUT2D eigenvalue weighted by Gasteiger charge is 2.33. The maximum absolute atomic E-state index is 13.5. The number of aliphatic hydroxyl groups excluding tert-OH is 1. The van der Waals surface area contributed by atoms with Crippen molar-refractivity contribution in [3.8, 4) is 0 Å². The summed E-state index contributed by atoms with van der Waals surface area (Å²) in [7, 11) is 0. The molecule has 0 saturated heterocycles. The molecule has 1 aromatic heterocycles. The summed E-state index contributed by atoms with van der Waals surface area (Å²) in [6.07, 6.45) is 0.142. The monoisotopic (exact) mass is 635 g/mol. The van der Waals surface area contributed by atoms with Gasteiger partial charge in [-0.05, 0) is 43.6 Å². The van der Waals surface area contributed by atoms with E-state index in [9.17, 15) is 33.9 Å². The second kappa shape index (κ2) is 19.6. The van der Waals surface area contributed by atoms with Gasteiger partial charge >= 0.3 is 0 Å². The summed E-state index contributed by atoms with van der Waals surface area (Å²) < 4.78 is 0. The number of amides is 5. The Hall–Kier alpha value is -3.81. The smallest absolute Gasteiger partial charge is 0.272 e. The van der Waals surface area contributed by atoms with Crippen LogP contribution in [0.5, 0.6) is 0 Å². The van der Waals surface area contributed by atoms with Crippen LogP contribution in [0.2, 0.25) is 0 Å². The van der Waals surface area contributed by atoms with Crippen molar-refractivity contribution in [1.82, 2.24) is 36.8 Å². The molecule has 0 fully saturated rings. The number of nitrogens with one attached hydrogen (secondary N) is 6. The molecule has 0 radical (unpaired) electrons. The van der Waals surface area contributed by atoms with Gasteiger partial charge in [-0.15, -0.1) is 0 Å². The molecule has 1 rings (SSSR count). The van der Waals surface area contributed by atoms with Gasteiger partial charge in [0, 0.05) is 12.6 Å². The predicted molar refractivity (Wildman–Crippen MR) is 170 cm³/mol. The second-order valence-corrected chi connectivity index (χ2v) is 12.2. The highest BCUT2D eigenvalue weighted by molar-refractivity contribution is 5.97. The summed E-state index contributed by atoms with van der Waals surface area (Å²) in [6, 6.07) is -1.15. The van der Waals surface area contributed by atoms with Crippen molar-refractivity contribution < 1.29 is 29.1 Å². The minimum atomic E-state index is -1.26. The van der Waals surface area contributed by atoms with Gasteiger partial charge in [-0.25, -0.2) is 5.10 Å². The quantitative estimate of drug-likeness (QED) is 0.115. The third-order valence-electron chi connectivity index (χ3n) is 7.43. The summed E-state index contributed by atoms with van der Waals surface area (Å²) in [5, 5.41) is 30.5. The maximum atomic E-state index is 13.5. The van der Waals surface area contributed by atoms with Crippen LogP contribution < -0.4 is 32.1 Å². The van der Waals surface area contributed by atoms with Gasteiger partial charge in [0.2, 0.25) is 23.6 Å². The van der Waals surface area contributed by atoms with Gasteiger partial charge < -0.3 is 31.7 Å². The first-order chi connectivity index (χ1) is 21.1. The molecular weight excluding hydrogens is 582 g/mol. The van der Waals surface area contributed by atoms with E-state index in [0.717, 1.165) is 6.07 Å². The lowest BCUT2D eigenvalue weighted by molar-refractivity contribution is -0.133. The van der Waals surface area contributed by atoms with Crippen LogP contribution in [-0.2, 0) is 19.2 Å². The lowest BCUT2D eigenvalue weighted by atomic mass is 9.95. The average molecular weight is 636 g/mol. The van der Waals surface area contributed by atoms with E-state index in [-0.39, 0.29) is 42.2 Å². The first-order valence-electron chi connectivity index (χ1n) is 15.9. The van der Waals surface area contributed by atoms with Gasteiger partial charge in [0.25, 0.3) is 11.5 Å². The standard InChI is InChI=1S/C31H53N7O7/c1-9-12-20(33-31(45)27(19(8)10-2)36-29(43)21-13-14-24(40)38-37-21)28(42)34-22(15-17(4)5)23(39)16-25(41)35-26(18(6)7)30(44)32-11-3/h13-14,17-20,22-23,26-27,39H,9-12,15-16H2,1-8H3,(H,32,44)(H,33,45)(H,34,42)(H,35,41)(H,36,43)(H,38,40)/t19-,20-,22-,23-,26-,27-/m0/s1. The number of H-pyrrole nitrogens is 1. The van der Waals surface area contributed by atoms with Gasteiger partial charge in [0.05, 0.1) is 18.6 Å². The lowest BCUT2D eigenvalue weighted by Gasteiger charge is -2.30. The molecular formula is C31H53N7O7. The van der Waals surface area contributed by atoms with E-state index >= 15 is 0 Å². The summed E-state index contributed by atoms with van der Waals surface area (Å²) >= 11 is 0. The zero-order valence-electron chi connectivity index (χ0n) is 27.9. The van der Waals surface area contributed by atoms with Crippen molar-refractivity contribution in [1.29, 1.82) is 0 Å². The van der Waals surface area contributed by atoms with Crippen LogP contribution in [0, 0.1) is 17.8 Å². The first kappa shape index (κ1) is 39.2. The number of aliphatic hydroxyl groups is 1. The van der Waals surface area contributed by atoms with Crippen molar-refractivity contribution in [2.75, 3.05) is 6.54 Å².